The van der Waals surface area contributed by atoms with Crippen molar-refractivity contribution >= 4 is 33.0 Å². The third-order valence-corrected chi connectivity index (χ3v) is 7.34. The topological polar surface area (TPSA) is 92.3 Å². The number of carbonyl (C=O) groups excluding carboxylic acids is 1. The number of pyridine rings is 1. The lowest BCUT2D eigenvalue weighted by molar-refractivity contribution is -0.116. The number of hydrogen-bond donors (Lipinski definition) is 1. The van der Waals surface area contributed by atoms with Gasteiger partial charge in [0.25, 0.3) is 0 Å². The van der Waals surface area contributed by atoms with Gasteiger partial charge < -0.3 is 4.90 Å². The Balaban J connectivity index is 1.42. The van der Waals surface area contributed by atoms with Crippen molar-refractivity contribution in [1.29, 1.82) is 0 Å². The molecule has 1 aliphatic heterocycles. The zero-order valence-corrected chi connectivity index (χ0v) is 18.2. The maximum atomic E-state index is 12.7. The van der Waals surface area contributed by atoms with Gasteiger partial charge in [-0.1, -0.05) is 6.07 Å². The minimum atomic E-state index is -3.64. The Labute approximate surface area is 179 Å². The van der Waals surface area contributed by atoms with E-state index in [9.17, 15) is 13.2 Å². The van der Waals surface area contributed by atoms with Gasteiger partial charge in [0.15, 0.2) is 0 Å². The number of amides is 1. The molecule has 4 rings (SSSR count). The van der Waals surface area contributed by atoms with Crippen molar-refractivity contribution in [2.24, 2.45) is 0 Å². The number of aryl methyl sites for hydroxylation is 1. The van der Waals surface area contributed by atoms with Crippen LogP contribution in [0.3, 0.4) is 0 Å². The van der Waals surface area contributed by atoms with Crippen LogP contribution in [0.25, 0.3) is 10.7 Å². The van der Waals surface area contributed by atoms with Crippen molar-refractivity contribution in [3.8, 4) is 10.7 Å². The molecule has 1 aromatic carbocycles. The number of aromatic nitrogens is 2. The zero-order chi connectivity index (χ0) is 21.1. The molecule has 0 saturated heterocycles. The molecule has 1 amide bonds. The van der Waals surface area contributed by atoms with Gasteiger partial charge in [-0.3, -0.25) is 9.78 Å². The standard InChI is InChI=1S/C21H22N4O3S2/c1-15(26)25-12-4-5-16-13-18(7-8-20(16)25)30(27,28)23-11-9-17-14-29-21(24-17)19-6-2-3-10-22-19/h2-3,6-8,10,13-14,23H,4-5,9,11-12H2,1H3. The predicted molar refractivity (Wildman–Crippen MR) is 117 cm³/mol. The average Bonchev–Trinajstić information content (AvgIpc) is 3.22. The Morgan fingerprint density at radius 3 is 2.90 bits per heavy atom. The highest BCUT2D eigenvalue weighted by molar-refractivity contribution is 7.89. The Morgan fingerprint density at radius 1 is 1.27 bits per heavy atom. The van der Waals surface area contributed by atoms with Crippen molar-refractivity contribution in [2.45, 2.75) is 31.1 Å². The van der Waals surface area contributed by atoms with E-state index in [2.05, 4.69) is 14.7 Å². The number of anilines is 1. The summed E-state index contributed by atoms with van der Waals surface area (Å²) in [5.41, 5.74) is 3.32. The molecule has 0 spiro atoms. The van der Waals surface area contributed by atoms with Crippen molar-refractivity contribution in [3.63, 3.8) is 0 Å². The lowest BCUT2D eigenvalue weighted by Gasteiger charge is -2.28. The van der Waals surface area contributed by atoms with Gasteiger partial charge in [-0.05, 0) is 48.7 Å². The second-order valence-corrected chi connectivity index (χ2v) is 9.70. The highest BCUT2D eigenvalue weighted by Crippen LogP contribution is 2.29. The van der Waals surface area contributed by atoms with Gasteiger partial charge in [0.2, 0.25) is 15.9 Å². The molecule has 156 valence electrons. The Kier molecular flexibility index (Phi) is 5.94. The first-order chi connectivity index (χ1) is 14.4. The van der Waals surface area contributed by atoms with E-state index in [4.69, 9.17) is 0 Å². The third kappa shape index (κ3) is 4.43. The van der Waals surface area contributed by atoms with Gasteiger partial charge >= 0.3 is 0 Å². The summed E-state index contributed by atoms with van der Waals surface area (Å²) in [5.74, 6) is -0.0296. The molecule has 0 bridgehead atoms. The van der Waals surface area contributed by atoms with E-state index in [1.54, 1.807) is 29.3 Å². The van der Waals surface area contributed by atoms with Gasteiger partial charge in [-0.25, -0.2) is 18.1 Å². The lowest BCUT2D eigenvalue weighted by Crippen LogP contribution is -2.33. The molecule has 0 unspecified atom stereocenters. The van der Waals surface area contributed by atoms with Gasteiger partial charge in [0.1, 0.15) is 5.01 Å². The number of hydrogen-bond acceptors (Lipinski definition) is 6. The fraction of sp³-hybridized carbons (Fsp3) is 0.286. The van der Waals surface area contributed by atoms with Gasteiger partial charge in [0.05, 0.1) is 16.3 Å². The van der Waals surface area contributed by atoms with E-state index in [0.29, 0.717) is 13.0 Å². The number of nitrogens with zero attached hydrogens (tertiary/aromatic N) is 3. The van der Waals surface area contributed by atoms with Gasteiger partial charge in [-0.15, -0.1) is 11.3 Å². The van der Waals surface area contributed by atoms with Crippen LogP contribution in [0.4, 0.5) is 5.69 Å². The number of carbonyl (C=O) groups is 1. The van der Waals surface area contributed by atoms with E-state index in [1.165, 1.54) is 18.3 Å². The summed E-state index contributed by atoms with van der Waals surface area (Å²) in [7, 11) is -3.64. The molecule has 1 aliphatic rings. The SMILES string of the molecule is CC(=O)N1CCCc2cc(S(=O)(=O)NCCc3csc(-c4ccccn4)n3)ccc21. The number of benzene rings is 1. The molecule has 7 nitrogen and oxygen atoms in total. The molecule has 0 saturated carbocycles. The molecule has 3 heterocycles. The van der Waals surface area contributed by atoms with Crippen LogP contribution in [-0.2, 0) is 27.7 Å². The number of fused-ring (bicyclic) bond motifs is 1. The lowest BCUT2D eigenvalue weighted by atomic mass is 10.0. The molecule has 2 aromatic heterocycles. The van der Waals surface area contributed by atoms with E-state index >= 15 is 0 Å². The summed E-state index contributed by atoms with van der Waals surface area (Å²) < 4.78 is 28.1. The Morgan fingerprint density at radius 2 is 2.13 bits per heavy atom. The molecule has 0 atom stereocenters. The summed E-state index contributed by atoms with van der Waals surface area (Å²) in [4.78, 5) is 22.5. The molecule has 1 N–H and O–H groups in total. The van der Waals surface area contributed by atoms with Crippen molar-refractivity contribution in [2.75, 3.05) is 18.0 Å². The Hall–Kier alpha value is -2.62. The minimum Gasteiger partial charge on any atom is -0.312 e. The van der Waals surface area contributed by atoms with E-state index in [0.717, 1.165) is 40.5 Å². The first-order valence-electron chi connectivity index (χ1n) is 9.70. The largest absolute Gasteiger partial charge is 0.312 e. The van der Waals surface area contributed by atoms with Crippen LogP contribution in [-0.4, -0.2) is 37.4 Å². The zero-order valence-electron chi connectivity index (χ0n) is 16.5. The van der Waals surface area contributed by atoms with Crippen LogP contribution in [0.5, 0.6) is 0 Å². The molecule has 0 aliphatic carbocycles. The summed E-state index contributed by atoms with van der Waals surface area (Å²) in [6.07, 6.45) is 3.80. The quantitative estimate of drug-likeness (QED) is 0.634. The Bertz CT molecular complexity index is 1160. The smallest absolute Gasteiger partial charge is 0.240 e. The third-order valence-electron chi connectivity index (χ3n) is 4.97. The molecule has 9 heteroatoms. The second kappa shape index (κ2) is 8.63. The van der Waals surface area contributed by atoms with Crippen molar-refractivity contribution in [3.05, 3.63) is 59.2 Å². The highest BCUT2D eigenvalue weighted by Gasteiger charge is 2.23. The van der Waals surface area contributed by atoms with Crippen LogP contribution >= 0.6 is 11.3 Å². The summed E-state index contributed by atoms with van der Waals surface area (Å²) in [6.45, 7) is 2.45. The molecular formula is C21H22N4O3S2. The first-order valence-corrected chi connectivity index (χ1v) is 12.1. The fourth-order valence-electron chi connectivity index (χ4n) is 3.49. The number of thiazole rings is 1. The molecule has 0 fully saturated rings. The molecule has 30 heavy (non-hydrogen) atoms. The van der Waals surface area contributed by atoms with Crippen molar-refractivity contribution in [1.82, 2.24) is 14.7 Å². The van der Waals surface area contributed by atoms with E-state index in [1.807, 2.05) is 23.6 Å². The van der Waals surface area contributed by atoms with Crippen molar-refractivity contribution < 1.29 is 13.2 Å². The average molecular weight is 443 g/mol. The summed E-state index contributed by atoms with van der Waals surface area (Å²) >= 11 is 1.49. The molecule has 0 radical (unpaired) electrons. The maximum Gasteiger partial charge on any atom is 0.240 e. The number of sulfonamides is 1. The van der Waals surface area contributed by atoms with E-state index in [-0.39, 0.29) is 17.3 Å². The number of nitrogens with one attached hydrogen (secondary N) is 1. The minimum absolute atomic E-state index is 0.0296. The molecular weight excluding hydrogens is 420 g/mol. The predicted octanol–water partition coefficient (Wildman–Crippen LogP) is 3.03. The van der Waals surface area contributed by atoms with Crippen LogP contribution in [0, 0.1) is 0 Å². The molecule has 3 aromatic rings. The maximum absolute atomic E-state index is 12.7. The van der Waals surface area contributed by atoms with Crippen LogP contribution < -0.4 is 9.62 Å². The van der Waals surface area contributed by atoms with Gasteiger partial charge in [-0.2, -0.15) is 0 Å². The highest BCUT2D eigenvalue weighted by atomic mass is 32.2. The monoisotopic (exact) mass is 442 g/mol. The number of rotatable bonds is 6. The van der Waals surface area contributed by atoms with Gasteiger partial charge in [0, 0.05) is 43.7 Å². The normalized spacial score (nSPS) is 13.8. The summed E-state index contributed by atoms with van der Waals surface area (Å²) in [6, 6.07) is 10.6. The summed E-state index contributed by atoms with van der Waals surface area (Å²) in [5, 5.41) is 2.74. The second-order valence-electron chi connectivity index (χ2n) is 7.07. The first kappa shape index (κ1) is 20.6. The van der Waals surface area contributed by atoms with E-state index < -0.39 is 10.0 Å². The van der Waals surface area contributed by atoms with Crippen LogP contribution in [0.1, 0.15) is 24.6 Å². The fourth-order valence-corrected chi connectivity index (χ4v) is 5.40. The van der Waals surface area contributed by atoms with Crippen LogP contribution in [0.2, 0.25) is 0 Å². The van der Waals surface area contributed by atoms with Crippen LogP contribution in [0.15, 0.2) is 52.9 Å².